The monoisotopic (exact) mass is 456 g/mol. The van der Waals surface area contributed by atoms with E-state index in [9.17, 15) is 14.3 Å². The van der Waals surface area contributed by atoms with E-state index in [1.54, 1.807) is 43.3 Å². The molecule has 0 radical (unpaired) electrons. The third-order valence-electron chi connectivity index (χ3n) is 5.17. The quantitative estimate of drug-likeness (QED) is 0.394. The number of hydrazone groups is 2. The summed E-state index contributed by atoms with van der Waals surface area (Å²) in [5.41, 5.74) is 6.22. The van der Waals surface area contributed by atoms with E-state index >= 15 is 0 Å². The number of benzene rings is 3. The van der Waals surface area contributed by atoms with E-state index < -0.39 is 11.7 Å². The van der Waals surface area contributed by atoms with Gasteiger partial charge in [0.05, 0.1) is 22.6 Å². The molecule has 0 bridgehead atoms. The Bertz CT molecular complexity index is 1430. The highest BCUT2D eigenvalue weighted by Gasteiger charge is 2.30. The second-order valence-electron chi connectivity index (χ2n) is 7.38. The first-order valence-electron chi connectivity index (χ1n) is 10.2. The van der Waals surface area contributed by atoms with E-state index in [-0.39, 0.29) is 11.5 Å². The number of halogens is 1. The van der Waals surface area contributed by atoms with Gasteiger partial charge in [0, 0.05) is 5.56 Å². The van der Waals surface area contributed by atoms with Crippen LogP contribution in [0.3, 0.4) is 0 Å². The maximum atomic E-state index is 13.2. The van der Waals surface area contributed by atoms with Crippen LogP contribution >= 0.6 is 0 Å². The van der Waals surface area contributed by atoms with Gasteiger partial charge in [-0.25, -0.2) is 9.49 Å². The highest BCUT2D eigenvalue weighted by Crippen LogP contribution is 2.37. The van der Waals surface area contributed by atoms with E-state index in [1.165, 1.54) is 29.3 Å². The number of phenols is 1. The summed E-state index contributed by atoms with van der Waals surface area (Å²) in [6, 6.07) is 17.9. The fraction of sp³-hybridized carbons (Fsp3) is 0.0435. The van der Waals surface area contributed by atoms with Gasteiger partial charge in [0.1, 0.15) is 11.6 Å². The van der Waals surface area contributed by atoms with Crippen LogP contribution in [0.15, 0.2) is 76.9 Å². The number of carbonyl (C=O) groups excluding carboxylic acids is 1. The summed E-state index contributed by atoms with van der Waals surface area (Å²) in [5, 5.41) is 34.0. The van der Waals surface area contributed by atoms with Gasteiger partial charge in [0.25, 0.3) is 0 Å². The molecule has 4 aromatic rings. The van der Waals surface area contributed by atoms with Crippen molar-refractivity contribution in [1.82, 2.24) is 20.6 Å². The molecule has 1 amide bonds. The van der Waals surface area contributed by atoms with E-state index in [2.05, 4.69) is 36.3 Å². The Kier molecular flexibility index (Phi) is 5.26. The first-order valence-corrected chi connectivity index (χ1v) is 10.2. The molecule has 11 heteroatoms. The number of anilines is 2. The highest BCUT2D eigenvalue weighted by molar-refractivity contribution is 6.71. The average molecular weight is 456 g/mol. The summed E-state index contributed by atoms with van der Waals surface area (Å²) >= 11 is 0. The molecular weight excluding hydrogens is 439 g/mol. The number of aromatic amines is 1. The fourth-order valence-electron chi connectivity index (χ4n) is 3.50. The molecule has 5 rings (SSSR count). The van der Waals surface area contributed by atoms with Crippen molar-refractivity contribution in [2.45, 2.75) is 6.92 Å². The summed E-state index contributed by atoms with van der Waals surface area (Å²) in [6.07, 6.45) is 0. The molecule has 0 spiro atoms. The second-order valence-corrected chi connectivity index (χ2v) is 7.38. The zero-order valence-electron chi connectivity index (χ0n) is 17.8. The molecule has 0 aliphatic carbocycles. The van der Waals surface area contributed by atoms with Crippen LogP contribution in [0.2, 0.25) is 0 Å². The van der Waals surface area contributed by atoms with Crippen molar-refractivity contribution in [2.75, 3.05) is 10.4 Å². The maximum Gasteiger partial charge on any atom is 0.301 e. The van der Waals surface area contributed by atoms with Gasteiger partial charge < -0.3 is 5.11 Å². The Morgan fingerprint density at radius 1 is 1.06 bits per heavy atom. The minimum atomic E-state index is -0.432. The van der Waals surface area contributed by atoms with Gasteiger partial charge in [0.15, 0.2) is 11.5 Å². The number of amides is 1. The number of tetrazole rings is 1. The van der Waals surface area contributed by atoms with Crippen LogP contribution in [0, 0.1) is 5.82 Å². The van der Waals surface area contributed by atoms with Crippen molar-refractivity contribution in [3.05, 3.63) is 72.5 Å². The maximum absolute atomic E-state index is 13.2. The molecule has 1 aromatic heterocycles. The van der Waals surface area contributed by atoms with Crippen LogP contribution in [0.25, 0.3) is 22.5 Å². The molecule has 1 aliphatic rings. The van der Waals surface area contributed by atoms with E-state index in [0.29, 0.717) is 39.6 Å². The van der Waals surface area contributed by atoms with Gasteiger partial charge in [-0.3, -0.25) is 10.2 Å². The first-order chi connectivity index (χ1) is 16.5. The van der Waals surface area contributed by atoms with Gasteiger partial charge in [-0.2, -0.15) is 15.2 Å². The molecule has 34 heavy (non-hydrogen) atoms. The van der Waals surface area contributed by atoms with Gasteiger partial charge in [-0.1, -0.05) is 24.3 Å². The van der Waals surface area contributed by atoms with Crippen LogP contribution in [0.5, 0.6) is 5.75 Å². The number of nitrogens with one attached hydrogen (secondary N) is 2. The summed E-state index contributed by atoms with van der Waals surface area (Å²) in [5.74, 6) is -0.465. The lowest BCUT2D eigenvalue weighted by Crippen LogP contribution is -2.27. The smallest absolute Gasteiger partial charge is 0.301 e. The first kappa shape index (κ1) is 20.9. The SMILES string of the molecule is CC1=NN(c2ccc(F)cc2)C(=O)C1=NNc1cccc(-c2cccc(-c3nnn[nH]3)c2O)c1. The Hall–Kier alpha value is -4.93. The normalized spacial score (nSPS) is 14.5. The third kappa shape index (κ3) is 3.86. The van der Waals surface area contributed by atoms with Crippen molar-refractivity contribution in [2.24, 2.45) is 10.2 Å². The van der Waals surface area contributed by atoms with Crippen molar-refractivity contribution < 1.29 is 14.3 Å². The molecule has 168 valence electrons. The number of aromatic nitrogens is 4. The number of hydrogen-bond donors (Lipinski definition) is 3. The van der Waals surface area contributed by atoms with E-state index in [4.69, 9.17) is 0 Å². The molecule has 1 aliphatic heterocycles. The molecule has 0 atom stereocenters. The van der Waals surface area contributed by atoms with Crippen LogP contribution in [-0.4, -0.2) is 43.1 Å². The minimum absolute atomic E-state index is 0.0217. The highest BCUT2D eigenvalue weighted by atomic mass is 19.1. The predicted molar refractivity (Wildman–Crippen MR) is 125 cm³/mol. The lowest BCUT2D eigenvalue weighted by atomic mass is 10.0. The number of H-pyrrole nitrogens is 1. The summed E-state index contributed by atoms with van der Waals surface area (Å²) in [7, 11) is 0. The molecule has 10 nitrogen and oxygen atoms in total. The zero-order chi connectivity index (χ0) is 23.7. The largest absolute Gasteiger partial charge is 0.507 e. The summed E-state index contributed by atoms with van der Waals surface area (Å²) in [6.45, 7) is 1.67. The lowest BCUT2D eigenvalue weighted by Gasteiger charge is -2.11. The van der Waals surface area contributed by atoms with Gasteiger partial charge in [-0.05, 0) is 65.4 Å². The van der Waals surface area contributed by atoms with Gasteiger partial charge in [0.2, 0.25) is 0 Å². The van der Waals surface area contributed by atoms with Gasteiger partial charge >= 0.3 is 5.91 Å². The van der Waals surface area contributed by atoms with E-state index in [1.807, 2.05) is 6.07 Å². The van der Waals surface area contributed by atoms with Gasteiger partial charge in [-0.15, -0.1) is 5.10 Å². The standard InChI is InChI=1S/C23H17FN8O2/c1-13-20(23(34)32(29-13)17-10-8-15(24)9-11-17)26-25-16-5-2-4-14(12-16)18-6-3-7-19(21(18)33)22-27-30-31-28-22/h2-12,25,33H,1H3,(H,27,28,30,31). The molecule has 0 saturated carbocycles. The number of carbonyl (C=O) groups is 1. The fourth-order valence-corrected chi connectivity index (χ4v) is 3.50. The van der Waals surface area contributed by atoms with E-state index in [0.717, 1.165) is 0 Å². The van der Waals surface area contributed by atoms with Crippen LogP contribution in [0.1, 0.15) is 6.92 Å². The number of rotatable bonds is 5. The third-order valence-corrected chi connectivity index (χ3v) is 5.17. The van der Waals surface area contributed by atoms with Crippen LogP contribution in [-0.2, 0) is 4.79 Å². The Balaban J connectivity index is 1.39. The average Bonchev–Trinajstić information content (AvgIpc) is 3.47. The second kappa shape index (κ2) is 8.54. The Morgan fingerprint density at radius 3 is 2.59 bits per heavy atom. The number of hydrogen-bond acceptors (Lipinski definition) is 8. The molecule has 0 saturated heterocycles. The predicted octanol–water partition coefficient (Wildman–Crippen LogP) is 3.57. The van der Waals surface area contributed by atoms with Crippen molar-refractivity contribution in [1.29, 1.82) is 0 Å². The summed E-state index contributed by atoms with van der Waals surface area (Å²) < 4.78 is 13.2. The van der Waals surface area contributed by atoms with Crippen molar-refractivity contribution in [3.8, 4) is 28.3 Å². The topological polar surface area (TPSA) is 132 Å². The minimum Gasteiger partial charge on any atom is -0.507 e. The molecule has 3 aromatic carbocycles. The zero-order valence-corrected chi connectivity index (χ0v) is 17.8. The number of para-hydroxylation sites is 1. The number of phenolic OH excluding ortho intramolecular Hbond substituents is 1. The number of aromatic hydroxyl groups is 1. The lowest BCUT2D eigenvalue weighted by molar-refractivity contribution is -0.112. The van der Waals surface area contributed by atoms with Crippen LogP contribution in [0.4, 0.5) is 15.8 Å². The molecular formula is C23H17FN8O2. The van der Waals surface area contributed by atoms with Crippen molar-refractivity contribution >= 4 is 28.7 Å². The van der Waals surface area contributed by atoms with Crippen molar-refractivity contribution in [3.63, 3.8) is 0 Å². The molecule has 2 heterocycles. The molecule has 0 unspecified atom stereocenters. The van der Waals surface area contributed by atoms with Crippen LogP contribution < -0.4 is 10.4 Å². The Labute approximate surface area is 192 Å². The number of nitrogens with zero attached hydrogens (tertiary/aromatic N) is 6. The Morgan fingerprint density at radius 2 is 1.82 bits per heavy atom. The molecule has 0 fully saturated rings. The molecule has 3 N–H and O–H groups in total. The summed E-state index contributed by atoms with van der Waals surface area (Å²) in [4.78, 5) is 12.8.